The van der Waals surface area contributed by atoms with Crippen molar-refractivity contribution in [2.45, 2.75) is 176 Å². The summed E-state index contributed by atoms with van der Waals surface area (Å²) in [6.07, 6.45) is 12.4. The Morgan fingerprint density at radius 1 is 0.636 bits per heavy atom. The predicted molar refractivity (Wildman–Crippen MR) is 158 cm³/mol. The SMILES string of the molecule is CC(C)(C)[Si]1(CC[Si](C)(C)O[Si](C)(C)CC[Si]2(C(C)(C)C)C3CCCCC32)C2CCCC1C2. The second-order valence-electron chi connectivity index (χ2n) is 16.3. The van der Waals surface area contributed by atoms with Gasteiger partial charge in [0.05, 0.1) is 16.1 Å². The molecule has 4 fully saturated rings. The van der Waals surface area contributed by atoms with Crippen LogP contribution in [0.1, 0.15) is 92.9 Å². The molecule has 0 spiro atoms. The third kappa shape index (κ3) is 4.66. The highest BCUT2D eigenvalue weighted by atomic mass is 28.4. The van der Waals surface area contributed by atoms with Crippen LogP contribution in [0, 0.1) is 0 Å². The molecule has 3 saturated heterocycles. The molecule has 4 atom stereocenters. The largest absolute Gasteiger partial charge is 0.456 e. The fourth-order valence-corrected chi connectivity index (χ4v) is 39.6. The van der Waals surface area contributed by atoms with Crippen LogP contribution in [0.3, 0.4) is 0 Å². The van der Waals surface area contributed by atoms with Crippen LogP contribution >= 0.6 is 0 Å². The molecule has 0 amide bonds. The van der Waals surface area contributed by atoms with Gasteiger partial charge in [0.15, 0.2) is 16.6 Å². The number of fused-ring (bicyclic) bond motifs is 3. The second-order valence-corrected chi connectivity index (χ2v) is 36.4. The van der Waals surface area contributed by atoms with Gasteiger partial charge in [0.25, 0.3) is 0 Å². The molecule has 0 radical (unpaired) electrons. The van der Waals surface area contributed by atoms with Crippen LogP contribution in [-0.4, -0.2) is 32.8 Å². The van der Waals surface area contributed by atoms with Gasteiger partial charge in [-0.3, -0.25) is 0 Å². The Morgan fingerprint density at radius 3 is 1.45 bits per heavy atom. The topological polar surface area (TPSA) is 9.23 Å². The maximum atomic E-state index is 7.34. The van der Waals surface area contributed by atoms with Gasteiger partial charge in [-0.05, 0) is 70.5 Å². The highest BCUT2D eigenvalue weighted by molar-refractivity contribution is 6.96. The predicted octanol–water partition coefficient (Wildman–Crippen LogP) is 10.6. The lowest BCUT2D eigenvalue weighted by Gasteiger charge is -2.65. The maximum absolute atomic E-state index is 7.34. The fourth-order valence-electron chi connectivity index (χ4n) is 10.3. The highest BCUT2D eigenvalue weighted by Crippen LogP contribution is 2.76. The third-order valence-corrected chi connectivity index (χ3v) is 35.4. The normalized spacial score (nSPS) is 39.1. The molecule has 1 nitrogen and oxygen atoms in total. The molecule has 0 aromatic carbocycles. The van der Waals surface area contributed by atoms with Crippen molar-refractivity contribution in [2.24, 2.45) is 0 Å². The van der Waals surface area contributed by atoms with E-state index in [1.807, 2.05) is 0 Å². The van der Waals surface area contributed by atoms with Crippen molar-refractivity contribution in [1.82, 2.24) is 0 Å². The first-order valence-electron chi connectivity index (χ1n) is 14.8. The van der Waals surface area contributed by atoms with Gasteiger partial charge in [0, 0.05) is 0 Å². The zero-order valence-electron chi connectivity index (χ0n) is 24.2. The molecule has 1 aliphatic carbocycles. The van der Waals surface area contributed by atoms with Gasteiger partial charge in [-0.1, -0.05) is 105 Å². The molecule has 1 saturated carbocycles. The first kappa shape index (κ1) is 26.9. The Hall–Kier alpha value is 0.828. The van der Waals surface area contributed by atoms with Gasteiger partial charge in [-0.25, -0.2) is 0 Å². The fraction of sp³-hybridized carbons (Fsp3) is 1.00. The zero-order chi connectivity index (χ0) is 24.5. The van der Waals surface area contributed by atoms with Gasteiger partial charge < -0.3 is 4.12 Å². The van der Waals surface area contributed by atoms with Crippen LogP contribution in [0.25, 0.3) is 0 Å². The molecule has 3 aliphatic heterocycles. The minimum absolute atomic E-state index is 0.589. The van der Waals surface area contributed by atoms with Crippen LogP contribution in [0.5, 0.6) is 0 Å². The molecule has 0 aromatic rings. The van der Waals surface area contributed by atoms with E-state index in [0.717, 1.165) is 22.2 Å². The first-order chi connectivity index (χ1) is 15.1. The van der Waals surface area contributed by atoms with E-state index < -0.39 is 32.8 Å². The van der Waals surface area contributed by atoms with Crippen molar-refractivity contribution < 1.29 is 4.12 Å². The quantitative estimate of drug-likeness (QED) is 0.288. The van der Waals surface area contributed by atoms with Gasteiger partial charge in [-0.2, -0.15) is 0 Å². The molecule has 5 heteroatoms. The van der Waals surface area contributed by atoms with Crippen molar-refractivity contribution in [2.75, 3.05) is 0 Å². The van der Waals surface area contributed by atoms with Crippen molar-refractivity contribution in [3.05, 3.63) is 0 Å². The van der Waals surface area contributed by atoms with Gasteiger partial charge in [-0.15, -0.1) is 0 Å². The van der Waals surface area contributed by atoms with Crippen molar-refractivity contribution in [3.63, 3.8) is 0 Å². The van der Waals surface area contributed by atoms with Crippen LogP contribution in [0.15, 0.2) is 0 Å². The Kier molecular flexibility index (Phi) is 7.09. The van der Waals surface area contributed by atoms with E-state index >= 15 is 0 Å². The molecular formula is C28H58OSi4. The number of rotatable bonds is 8. The van der Waals surface area contributed by atoms with Crippen LogP contribution in [0.2, 0.25) is 82.6 Å². The molecule has 3 heterocycles. The van der Waals surface area contributed by atoms with E-state index in [4.69, 9.17) is 4.12 Å². The molecule has 4 aliphatic rings. The Labute approximate surface area is 211 Å². The molecule has 192 valence electrons. The van der Waals surface area contributed by atoms with Gasteiger partial charge >= 0.3 is 0 Å². The third-order valence-electron chi connectivity index (χ3n) is 11.7. The van der Waals surface area contributed by atoms with E-state index in [1.165, 1.54) is 31.4 Å². The van der Waals surface area contributed by atoms with Gasteiger partial charge in [0.2, 0.25) is 0 Å². The maximum Gasteiger partial charge on any atom is 0.173 e. The summed E-state index contributed by atoms with van der Waals surface area (Å²) in [5.74, 6) is 0. The molecule has 33 heavy (non-hydrogen) atoms. The standard InChI is InChI=1S/C28H58OSi4/c1-27(2,3)32(23-14-13-15-24(32)22-23)20-18-30(7,8)29-31(9,10)19-21-33(28(4,5)6)25-16-11-12-17-26(25)33/h23-26H,11-22H2,1-10H3. The average Bonchev–Trinajstić information content (AvgIpc) is 3.34. The lowest BCUT2D eigenvalue weighted by atomic mass is 9.97. The van der Waals surface area contributed by atoms with E-state index in [2.05, 4.69) is 67.7 Å². The minimum Gasteiger partial charge on any atom is -0.456 e. The van der Waals surface area contributed by atoms with E-state index in [9.17, 15) is 0 Å². The molecule has 2 bridgehead atoms. The summed E-state index contributed by atoms with van der Waals surface area (Å²) in [5.41, 5.74) is 4.61. The summed E-state index contributed by atoms with van der Waals surface area (Å²) in [6, 6.07) is 6.07. The molecular weight excluding hydrogens is 465 g/mol. The van der Waals surface area contributed by atoms with Crippen molar-refractivity contribution in [3.8, 4) is 0 Å². The Balaban J connectivity index is 1.38. The molecule has 0 N–H and O–H groups in total. The van der Waals surface area contributed by atoms with Crippen LogP contribution < -0.4 is 0 Å². The van der Waals surface area contributed by atoms with Gasteiger partial charge in [0.1, 0.15) is 0 Å². The van der Waals surface area contributed by atoms with Crippen LogP contribution in [0.4, 0.5) is 0 Å². The summed E-state index contributed by atoms with van der Waals surface area (Å²) in [4.78, 5) is 0. The summed E-state index contributed by atoms with van der Waals surface area (Å²) in [6.45, 7) is 26.0. The van der Waals surface area contributed by atoms with Crippen LogP contribution in [-0.2, 0) is 4.12 Å². The minimum atomic E-state index is -1.61. The summed E-state index contributed by atoms with van der Waals surface area (Å²) in [5, 5.41) is 1.18. The number of hydrogen-bond donors (Lipinski definition) is 0. The average molecular weight is 523 g/mol. The molecule has 4 rings (SSSR count). The van der Waals surface area contributed by atoms with E-state index in [-0.39, 0.29) is 0 Å². The molecule has 4 unspecified atom stereocenters. The Morgan fingerprint density at radius 2 is 1.06 bits per heavy atom. The zero-order valence-corrected chi connectivity index (χ0v) is 28.2. The summed E-state index contributed by atoms with van der Waals surface area (Å²) < 4.78 is 7.34. The van der Waals surface area contributed by atoms with Crippen molar-refractivity contribution in [1.29, 1.82) is 0 Å². The van der Waals surface area contributed by atoms with E-state index in [0.29, 0.717) is 10.1 Å². The molecule has 0 aromatic heterocycles. The number of hydrogen-bond acceptors (Lipinski definition) is 1. The smallest absolute Gasteiger partial charge is 0.173 e. The highest BCUT2D eigenvalue weighted by Gasteiger charge is 2.70. The lowest BCUT2D eigenvalue weighted by Crippen LogP contribution is -2.62. The van der Waals surface area contributed by atoms with E-state index in [1.54, 1.807) is 44.2 Å². The Bertz CT molecular complexity index is 690. The first-order valence-corrected chi connectivity index (χ1v) is 25.7. The monoisotopic (exact) mass is 522 g/mol. The lowest BCUT2D eigenvalue weighted by molar-refractivity contribution is 0.376. The summed E-state index contributed by atoms with van der Waals surface area (Å²) >= 11 is 0. The van der Waals surface area contributed by atoms with Crippen molar-refractivity contribution >= 4 is 32.8 Å². The second kappa shape index (κ2) is 8.70. The summed E-state index contributed by atoms with van der Waals surface area (Å²) in [7, 11) is -5.54.